The Morgan fingerprint density at radius 2 is 2.28 bits per heavy atom. The van der Waals surface area contributed by atoms with Gasteiger partial charge < -0.3 is 15.2 Å². The fourth-order valence-corrected chi connectivity index (χ4v) is 2.20. The molecule has 2 N–H and O–H groups in total. The molecule has 0 saturated carbocycles. The topological polar surface area (TPSA) is 61.5 Å². The Balaban J connectivity index is 1.98. The molecule has 2 rings (SSSR count). The lowest BCUT2D eigenvalue weighted by atomic mass is 9.89. The van der Waals surface area contributed by atoms with Gasteiger partial charge in [-0.25, -0.2) is 4.79 Å². The summed E-state index contributed by atoms with van der Waals surface area (Å²) in [5.41, 5.74) is 8.51. The van der Waals surface area contributed by atoms with E-state index in [1.165, 1.54) is 11.1 Å². The molecular formula is C14H19NO3. The van der Waals surface area contributed by atoms with E-state index in [1.54, 1.807) is 6.92 Å². The van der Waals surface area contributed by atoms with Gasteiger partial charge in [-0.15, -0.1) is 0 Å². The SMILES string of the molecule is CCOC(=O)COc1ccc2c(c1)CC(N)CC2. The van der Waals surface area contributed by atoms with Crippen molar-refractivity contribution in [3.8, 4) is 5.75 Å². The highest BCUT2D eigenvalue weighted by Gasteiger charge is 2.16. The molecule has 0 bridgehead atoms. The van der Waals surface area contributed by atoms with E-state index in [2.05, 4.69) is 6.07 Å². The highest BCUT2D eigenvalue weighted by Crippen LogP contribution is 2.24. The molecule has 1 atom stereocenters. The average Bonchev–Trinajstić information content (AvgIpc) is 2.36. The summed E-state index contributed by atoms with van der Waals surface area (Å²) >= 11 is 0. The van der Waals surface area contributed by atoms with Gasteiger partial charge in [0.25, 0.3) is 0 Å². The van der Waals surface area contributed by atoms with E-state index < -0.39 is 0 Å². The summed E-state index contributed by atoms with van der Waals surface area (Å²) in [4.78, 5) is 11.2. The van der Waals surface area contributed by atoms with Crippen molar-refractivity contribution in [2.75, 3.05) is 13.2 Å². The maximum Gasteiger partial charge on any atom is 0.344 e. The lowest BCUT2D eigenvalue weighted by Gasteiger charge is -2.21. The van der Waals surface area contributed by atoms with Gasteiger partial charge in [0.2, 0.25) is 0 Å². The van der Waals surface area contributed by atoms with Crippen LogP contribution in [-0.2, 0) is 22.4 Å². The molecule has 0 heterocycles. The van der Waals surface area contributed by atoms with Crippen LogP contribution in [0.1, 0.15) is 24.5 Å². The summed E-state index contributed by atoms with van der Waals surface area (Å²) in [5.74, 6) is 0.364. The summed E-state index contributed by atoms with van der Waals surface area (Å²) in [6, 6.07) is 6.17. The second kappa shape index (κ2) is 5.87. The number of hydrogen-bond acceptors (Lipinski definition) is 4. The summed E-state index contributed by atoms with van der Waals surface area (Å²) in [7, 11) is 0. The van der Waals surface area contributed by atoms with Gasteiger partial charge in [-0.1, -0.05) is 6.07 Å². The second-order valence-electron chi connectivity index (χ2n) is 4.53. The number of rotatable bonds is 4. The molecule has 0 amide bonds. The third-order valence-corrected chi connectivity index (χ3v) is 3.11. The summed E-state index contributed by atoms with van der Waals surface area (Å²) in [6.07, 6.45) is 2.94. The molecule has 1 unspecified atom stereocenters. The first-order valence-electron chi connectivity index (χ1n) is 6.35. The van der Waals surface area contributed by atoms with E-state index in [4.69, 9.17) is 15.2 Å². The third-order valence-electron chi connectivity index (χ3n) is 3.11. The van der Waals surface area contributed by atoms with E-state index in [9.17, 15) is 4.79 Å². The molecule has 0 aromatic heterocycles. The van der Waals surface area contributed by atoms with Crippen LogP contribution in [-0.4, -0.2) is 25.2 Å². The number of hydrogen-bond donors (Lipinski definition) is 1. The summed E-state index contributed by atoms with van der Waals surface area (Å²) < 4.78 is 10.2. The molecule has 0 fully saturated rings. The minimum Gasteiger partial charge on any atom is -0.482 e. The van der Waals surface area contributed by atoms with Crippen molar-refractivity contribution >= 4 is 5.97 Å². The van der Waals surface area contributed by atoms with Crippen LogP contribution in [0, 0.1) is 0 Å². The van der Waals surface area contributed by atoms with Crippen LogP contribution < -0.4 is 10.5 Å². The Bertz CT molecular complexity index is 431. The van der Waals surface area contributed by atoms with Crippen molar-refractivity contribution < 1.29 is 14.3 Å². The Morgan fingerprint density at radius 3 is 3.06 bits per heavy atom. The van der Waals surface area contributed by atoms with E-state index in [-0.39, 0.29) is 18.6 Å². The predicted molar refractivity (Wildman–Crippen MR) is 68.6 cm³/mol. The molecule has 4 nitrogen and oxygen atoms in total. The third kappa shape index (κ3) is 3.23. The van der Waals surface area contributed by atoms with Crippen molar-refractivity contribution in [1.29, 1.82) is 0 Å². The molecule has 1 aliphatic carbocycles. The largest absolute Gasteiger partial charge is 0.482 e. The number of ether oxygens (including phenoxy) is 2. The zero-order valence-electron chi connectivity index (χ0n) is 10.6. The number of carbonyl (C=O) groups excluding carboxylic acids is 1. The maximum atomic E-state index is 11.2. The number of nitrogens with two attached hydrogens (primary N) is 1. The van der Waals surface area contributed by atoms with Crippen LogP contribution in [0.5, 0.6) is 5.75 Å². The zero-order valence-corrected chi connectivity index (χ0v) is 10.6. The summed E-state index contributed by atoms with van der Waals surface area (Å²) in [6.45, 7) is 2.11. The molecule has 1 aliphatic rings. The molecule has 0 radical (unpaired) electrons. The highest BCUT2D eigenvalue weighted by molar-refractivity contribution is 5.71. The minimum atomic E-state index is -0.341. The first-order valence-corrected chi connectivity index (χ1v) is 6.35. The van der Waals surface area contributed by atoms with Gasteiger partial charge >= 0.3 is 5.97 Å². The number of fused-ring (bicyclic) bond motifs is 1. The number of esters is 1. The Hall–Kier alpha value is -1.55. The van der Waals surface area contributed by atoms with Gasteiger partial charge in [0.15, 0.2) is 6.61 Å². The van der Waals surface area contributed by atoms with Crippen molar-refractivity contribution in [3.05, 3.63) is 29.3 Å². The van der Waals surface area contributed by atoms with E-state index in [0.29, 0.717) is 12.4 Å². The Labute approximate surface area is 107 Å². The van der Waals surface area contributed by atoms with E-state index >= 15 is 0 Å². The highest BCUT2D eigenvalue weighted by atomic mass is 16.6. The molecule has 1 aromatic carbocycles. The normalized spacial score (nSPS) is 18.0. The lowest BCUT2D eigenvalue weighted by molar-refractivity contribution is -0.145. The Kier molecular flexibility index (Phi) is 4.20. The van der Waals surface area contributed by atoms with Crippen molar-refractivity contribution in [2.45, 2.75) is 32.2 Å². The quantitative estimate of drug-likeness (QED) is 0.820. The van der Waals surface area contributed by atoms with Crippen LogP contribution in [0.25, 0.3) is 0 Å². The van der Waals surface area contributed by atoms with Crippen LogP contribution in [0.4, 0.5) is 0 Å². The van der Waals surface area contributed by atoms with Gasteiger partial charge in [0.05, 0.1) is 6.61 Å². The van der Waals surface area contributed by atoms with Crippen LogP contribution in [0.3, 0.4) is 0 Å². The van der Waals surface area contributed by atoms with Crippen LogP contribution in [0.2, 0.25) is 0 Å². The van der Waals surface area contributed by atoms with Gasteiger partial charge in [-0.05, 0) is 49.4 Å². The molecule has 4 heteroatoms. The molecule has 18 heavy (non-hydrogen) atoms. The van der Waals surface area contributed by atoms with Crippen molar-refractivity contribution in [2.24, 2.45) is 5.73 Å². The number of benzene rings is 1. The molecule has 98 valence electrons. The van der Waals surface area contributed by atoms with Crippen molar-refractivity contribution in [3.63, 3.8) is 0 Å². The lowest BCUT2D eigenvalue weighted by Crippen LogP contribution is -2.27. The average molecular weight is 249 g/mol. The molecule has 0 spiro atoms. The molecule has 0 saturated heterocycles. The van der Waals surface area contributed by atoms with Gasteiger partial charge in [0, 0.05) is 6.04 Å². The van der Waals surface area contributed by atoms with Crippen LogP contribution >= 0.6 is 0 Å². The van der Waals surface area contributed by atoms with Crippen molar-refractivity contribution in [1.82, 2.24) is 0 Å². The summed E-state index contributed by atoms with van der Waals surface area (Å²) in [5, 5.41) is 0. The van der Waals surface area contributed by atoms with Crippen LogP contribution in [0.15, 0.2) is 18.2 Å². The zero-order chi connectivity index (χ0) is 13.0. The maximum absolute atomic E-state index is 11.2. The molecular weight excluding hydrogens is 230 g/mol. The van der Waals surface area contributed by atoms with E-state index in [0.717, 1.165) is 19.3 Å². The molecule has 0 aliphatic heterocycles. The van der Waals surface area contributed by atoms with Gasteiger partial charge in [-0.2, -0.15) is 0 Å². The number of carbonyl (C=O) groups is 1. The van der Waals surface area contributed by atoms with Gasteiger partial charge in [-0.3, -0.25) is 0 Å². The minimum absolute atomic E-state index is 0.0430. The van der Waals surface area contributed by atoms with E-state index in [1.807, 2.05) is 12.1 Å². The monoisotopic (exact) mass is 249 g/mol. The van der Waals surface area contributed by atoms with Gasteiger partial charge in [0.1, 0.15) is 5.75 Å². The predicted octanol–water partition coefficient (Wildman–Crippen LogP) is 1.44. The number of aryl methyl sites for hydroxylation is 1. The fourth-order valence-electron chi connectivity index (χ4n) is 2.20. The fraction of sp³-hybridized carbons (Fsp3) is 0.500. The smallest absolute Gasteiger partial charge is 0.344 e. The first-order chi connectivity index (χ1) is 8.69. The Morgan fingerprint density at radius 1 is 1.44 bits per heavy atom. The standard InChI is InChI=1S/C14H19NO3/c1-2-17-14(16)9-18-13-6-4-10-3-5-12(15)7-11(10)8-13/h4,6,8,12H,2-3,5,7,9,15H2,1H3. The second-order valence-corrected chi connectivity index (χ2v) is 4.53. The molecule has 1 aromatic rings. The first kappa shape index (κ1) is 12.9.